The first kappa shape index (κ1) is 23.6. The van der Waals surface area contributed by atoms with Gasteiger partial charge < -0.3 is 14.8 Å². The van der Waals surface area contributed by atoms with E-state index in [4.69, 9.17) is 9.47 Å². The number of esters is 2. The monoisotopic (exact) mass is 484 g/mol. The number of carbonyl (C=O) groups is 5. The number of carbonyl (C=O) groups excluding carboxylic acids is 5. The molecular weight excluding hydrogens is 460 g/mol. The third kappa shape index (κ3) is 4.72. The van der Waals surface area contributed by atoms with Gasteiger partial charge in [0.25, 0.3) is 17.7 Å². The van der Waals surface area contributed by atoms with E-state index in [2.05, 4.69) is 5.32 Å². The van der Waals surface area contributed by atoms with Gasteiger partial charge in [-0.15, -0.1) is 11.3 Å². The number of rotatable bonds is 8. The minimum atomic E-state index is -0.720. The molecule has 10 heteroatoms. The number of nitrogens with one attached hydrogen (secondary N) is 1. The third-order valence-electron chi connectivity index (χ3n) is 5.69. The van der Waals surface area contributed by atoms with Crippen molar-refractivity contribution in [2.75, 3.05) is 25.1 Å². The molecule has 2 heterocycles. The molecule has 1 aliphatic heterocycles. The Balaban J connectivity index is 1.31. The van der Waals surface area contributed by atoms with Crippen LogP contribution in [0.25, 0.3) is 0 Å². The molecule has 34 heavy (non-hydrogen) atoms. The van der Waals surface area contributed by atoms with Crippen LogP contribution in [0.4, 0.5) is 5.00 Å². The van der Waals surface area contributed by atoms with Crippen LogP contribution < -0.4 is 5.32 Å². The van der Waals surface area contributed by atoms with Crippen molar-refractivity contribution < 1.29 is 33.4 Å². The highest BCUT2D eigenvalue weighted by molar-refractivity contribution is 7.17. The molecule has 178 valence electrons. The molecule has 0 saturated heterocycles. The molecule has 4 rings (SSSR count). The van der Waals surface area contributed by atoms with E-state index in [0.717, 1.165) is 41.0 Å². The van der Waals surface area contributed by atoms with E-state index >= 15 is 0 Å². The first-order chi connectivity index (χ1) is 16.4. The average molecular weight is 485 g/mol. The summed E-state index contributed by atoms with van der Waals surface area (Å²) in [5, 5.41) is 3.07. The summed E-state index contributed by atoms with van der Waals surface area (Å²) < 4.78 is 10.2. The van der Waals surface area contributed by atoms with Crippen molar-refractivity contribution in [3.63, 3.8) is 0 Å². The zero-order valence-corrected chi connectivity index (χ0v) is 19.5. The van der Waals surface area contributed by atoms with Crippen LogP contribution in [-0.4, -0.2) is 54.3 Å². The summed E-state index contributed by atoms with van der Waals surface area (Å²) in [7, 11) is 0. The van der Waals surface area contributed by atoms with E-state index < -0.39 is 36.3 Å². The highest BCUT2D eigenvalue weighted by atomic mass is 32.1. The maximum atomic E-state index is 12.5. The first-order valence-corrected chi connectivity index (χ1v) is 11.9. The summed E-state index contributed by atoms with van der Waals surface area (Å²) in [5.41, 5.74) is 1.90. The van der Waals surface area contributed by atoms with Crippen LogP contribution >= 0.6 is 11.3 Å². The molecule has 1 aromatic carbocycles. The second-order valence-electron chi connectivity index (χ2n) is 7.90. The number of hydrogen-bond acceptors (Lipinski definition) is 8. The summed E-state index contributed by atoms with van der Waals surface area (Å²) in [6, 6.07) is 6.45. The van der Waals surface area contributed by atoms with Crippen molar-refractivity contribution >= 4 is 46.0 Å². The van der Waals surface area contributed by atoms with Crippen molar-refractivity contribution in [1.29, 1.82) is 0 Å². The van der Waals surface area contributed by atoms with Crippen LogP contribution in [0.15, 0.2) is 24.3 Å². The van der Waals surface area contributed by atoms with E-state index in [1.165, 1.54) is 11.3 Å². The summed E-state index contributed by atoms with van der Waals surface area (Å²) in [6.45, 7) is 1.25. The lowest BCUT2D eigenvalue weighted by molar-refractivity contribution is -0.147. The average Bonchev–Trinajstić information content (AvgIpc) is 3.31. The van der Waals surface area contributed by atoms with Crippen LogP contribution in [0.5, 0.6) is 0 Å². The van der Waals surface area contributed by atoms with Gasteiger partial charge >= 0.3 is 11.9 Å². The second-order valence-corrected chi connectivity index (χ2v) is 9.01. The fourth-order valence-electron chi connectivity index (χ4n) is 4.10. The molecule has 0 atom stereocenters. The van der Waals surface area contributed by atoms with Crippen molar-refractivity contribution in [2.24, 2.45) is 0 Å². The van der Waals surface area contributed by atoms with Gasteiger partial charge in [0.2, 0.25) is 0 Å². The fraction of sp³-hybridized carbons (Fsp3) is 0.375. The Hall–Kier alpha value is -3.53. The maximum Gasteiger partial charge on any atom is 0.341 e. The van der Waals surface area contributed by atoms with Gasteiger partial charge in [0.05, 0.1) is 29.7 Å². The van der Waals surface area contributed by atoms with E-state index in [-0.39, 0.29) is 19.6 Å². The van der Waals surface area contributed by atoms with Crippen molar-refractivity contribution in [2.45, 2.75) is 39.0 Å². The second kappa shape index (κ2) is 10.2. The molecule has 0 unspecified atom stereocenters. The topological polar surface area (TPSA) is 119 Å². The van der Waals surface area contributed by atoms with Gasteiger partial charge in [-0.25, -0.2) is 4.79 Å². The molecule has 1 aromatic heterocycles. The van der Waals surface area contributed by atoms with Crippen LogP contribution in [0.3, 0.4) is 0 Å². The van der Waals surface area contributed by atoms with Gasteiger partial charge in [-0.1, -0.05) is 12.1 Å². The molecule has 1 N–H and O–H groups in total. The van der Waals surface area contributed by atoms with Crippen LogP contribution in [0.2, 0.25) is 0 Å². The number of amides is 3. The molecule has 1 aliphatic carbocycles. The number of anilines is 1. The molecule has 0 saturated carbocycles. The molecular formula is C24H24N2O7S. The third-order valence-corrected chi connectivity index (χ3v) is 6.89. The zero-order valence-electron chi connectivity index (χ0n) is 18.7. The lowest BCUT2D eigenvalue weighted by atomic mass is 9.95. The summed E-state index contributed by atoms with van der Waals surface area (Å²) in [4.78, 5) is 63.8. The smallest absolute Gasteiger partial charge is 0.341 e. The summed E-state index contributed by atoms with van der Waals surface area (Å²) >= 11 is 1.35. The Bertz CT molecular complexity index is 1140. The van der Waals surface area contributed by atoms with Gasteiger partial charge in [0.1, 0.15) is 5.00 Å². The SMILES string of the molecule is CCOC(=O)c1c(NC(=O)COC(=O)CCN2C(=O)c3ccccc3C2=O)sc2c1CCCC2. The number of nitrogens with zero attached hydrogens (tertiary/aromatic N) is 1. The molecule has 3 amide bonds. The number of hydrogen-bond donors (Lipinski definition) is 1. The number of fused-ring (bicyclic) bond motifs is 2. The number of thiophene rings is 1. The standard InChI is InChI=1S/C24H24N2O7S/c1-2-32-24(31)20-16-9-5-6-10-17(16)34-21(20)25-18(27)13-33-19(28)11-12-26-22(29)14-7-3-4-8-15(14)23(26)30/h3-4,7-8H,2,5-6,9-13H2,1H3,(H,25,27). The maximum absolute atomic E-state index is 12.5. The highest BCUT2D eigenvalue weighted by Gasteiger charge is 2.35. The van der Waals surface area contributed by atoms with Crippen molar-refractivity contribution in [1.82, 2.24) is 4.90 Å². The van der Waals surface area contributed by atoms with Crippen LogP contribution in [0, 0.1) is 0 Å². The van der Waals surface area contributed by atoms with Crippen LogP contribution in [-0.2, 0) is 31.9 Å². The van der Waals surface area contributed by atoms with Gasteiger partial charge in [0, 0.05) is 11.4 Å². The molecule has 0 spiro atoms. The Kier molecular flexibility index (Phi) is 7.06. The lowest BCUT2D eigenvalue weighted by Crippen LogP contribution is -2.32. The Morgan fingerprint density at radius 2 is 1.71 bits per heavy atom. The van der Waals surface area contributed by atoms with Gasteiger partial charge in [-0.2, -0.15) is 0 Å². The molecule has 0 fully saturated rings. The number of aryl methyl sites for hydroxylation is 1. The Labute approximate surface area is 200 Å². The minimum Gasteiger partial charge on any atom is -0.462 e. The molecule has 0 radical (unpaired) electrons. The molecule has 2 aromatic rings. The van der Waals surface area contributed by atoms with Gasteiger partial charge in [0.15, 0.2) is 6.61 Å². The van der Waals surface area contributed by atoms with E-state index in [1.54, 1.807) is 31.2 Å². The predicted molar refractivity (Wildman–Crippen MR) is 123 cm³/mol. The number of benzene rings is 1. The minimum absolute atomic E-state index is 0.141. The predicted octanol–water partition coefficient (Wildman–Crippen LogP) is 2.97. The molecule has 9 nitrogen and oxygen atoms in total. The van der Waals surface area contributed by atoms with Crippen molar-refractivity contribution in [3.05, 3.63) is 51.4 Å². The highest BCUT2D eigenvalue weighted by Crippen LogP contribution is 2.38. The number of ether oxygens (including phenoxy) is 2. The summed E-state index contributed by atoms with van der Waals surface area (Å²) in [6.07, 6.45) is 3.35. The summed E-state index contributed by atoms with van der Waals surface area (Å²) in [5.74, 6) is -2.70. The number of imide groups is 1. The zero-order chi connectivity index (χ0) is 24.2. The van der Waals surface area contributed by atoms with Gasteiger partial charge in [-0.3, -0.25) is 24.1 Å². The van der Waals surface area contributed by atoms with Crippen LogP contribution in [0.1, 0.15) is 67.7 Å². The lowest BCUT2D eigenvalue weighted by Gasteiger charge is -2.13. The first-order valence-electron chi connectivity index (χ1n) is 11.1. The van der Waals surface area contributed by atoms with Crippen molar-refractivity contribution in [3.8, 4) is 0 Å². The fourth-order valence-corrected chi connectivity index (χ4v) is 5.39. The molecule has 0 bridgehead atoms. The normalized spacial score (nSPS) is 14.4. The van der Waals surface area contributed by atoms with E-state index in [1.807, 2.05) is 0 Å². The Morgan fingerprint density at radius 1 is 1.03 bits per heavy atom. The van der Waals surface area contributed by atoms with Gasteiger partial charge in [-0.05, 0) is 50.3 Å². The van der Waals surface area contributed by atoms with E-state index in [9.17, 15) is 24.0 Å². The van der Waals surface area contributed by atoms with E-state index in [0.29, 0.717) is 21.7 Å². The Morgan fingerprint density at radius 3 is 2.38 bits per heavy atom. The molecule has 2 aliphatic rings. The quantitative estimate of drug-likeness (QED) is 0.452. The largest absolute Gasteiger partial charge is 0.462 e.